The Labute approximate surface area is 152 Å². The van der Waals surface area contributed by atoms with Gasteiger partial charge in [0.15, 0.2) is 5.69 Å². The molecule has 2 aromatic carbocycles. The highest BCUT2D eigenvalue weighted by molar-refractivity contribution is 6.03. The van der Waals surface area contributed by atoms with Crippen LogP contribution in [0.15, 0.2) is 48.5 Å². The highest BCUT2D eigenvalue weighted by Gasteiger charge is 2.17. The van der Waals surface area contributed by atoms with E-state index >= 15 is 0 Å². The first-order valence-corrected chi connectivity index (χ1v) is 8.47. The Bertz CT molecular complexity index is 914. The fourth-order valence-electron chi connectivity index (χ4n) is 2.68. The van der Waals surface area contributed by atoms with E-state index in [-0.39, 0.29) is 5.91 Å². The predicted molar refractivity (Wildman–Crippen MR) is 101 cm³/mol. The number of benzene rings is 2. The number of ether oxygens (including phenoxy) is 1. The summed E-state index contributed by atoms with van der Waals surface area (Å²) >= 11 is 0. The van der Waals surface area contributed by atoms with Crippen molar-refractivity contribution >= 4 is 11.6 Å². The number of hydrogen-bond acceptors (Lipinski definition) is 4. The first kappa shape index (κ1) is 17.7. The maximum Gasteiger partial charge on any atom is 0.278 e. The minimum atomic E-state index is -0.305. The molecule has 0 saturated heterocycles. The number of nitrogens with zero attached hydrogens (tertiary/aromatic N) is 3. The summed E-state index contributed by atoms with van der Waals surface area (Å²) in [6.07, 6.45) is 0. The van der Waals surface area contributed by atoms with E-state index in [4.69, 9.17) is 4.74 Å². The van der Waals surface area contributed by atoms with Gasteiger partial charge in [0, 0.05) is 11.8 Å². The molecule has 26 heavy (non-hydrogen) atoms. The van der Waals surface area contributed by atoms with Crippen LogP contribution in [0.2, 0.25) is 0 Å². The van der Waals surface area contributed by atoms with Gasteiger partial charge in [0.2, 0.25) is 0 Å². The number of carbonyl (C=O) groups is 1. The maximum atomic E-state index is 12.6. The van der Waals surface area contributed by atoms with Gasteiger partial charge < -0.3 is 10.1 Å². The summed E-state index contributed by atoms with van der Waals surface area (Å²) in [7, 11) is 1.58. The second kappa shape index (κ2) is 7.39. The molecule has 1 heterocycles. The zero-order valence-electron chi connectivity index (χ0n) is 15.4. The van der Waals surface area contributed by atoms with Crippen LogP contribution in [0, 0.1) is 6.92 Å². The number of amides is 1. The average Bonchev–Trinajstić information content (AvgIpc) is 3.03. The van der Waals surface area contributed by atoms with E-state index in [1.807, 2.05) is 31.2 Å². The fourth-order valence-corrected chi connectivity index (χ4v) is 2.68. The lowest BCUT2D eigenvalue weighted by Gasteiger charge is -2.08. The Kier molecular flexibility index (Phi) is 5.02. The van der Waals surface area contributed by atoms with E-state index in [2.05, 4.69) is 41.6 Å². The number of aromatic nitrogens is 3. The first-order chi connectivity index (χ1) is 12.5. The van der Waals surface area contributed by atoms with Gasteiger partial charge in [-0.3, -0.25) is 4.79 Å². The Morgan fingerprint density at radius 1 is 1.15 bits per heavy atom. The fraction of sp³-hybridized carbons (Fsp3) is 0.250. The first-order valence-electron chi connectivity index (χ1n) is 8.47. The maximum absolute atomic E-state index is 12.6. The minimum absolute atomic E-state index is 0.292. The van der Waals surface area contributed by atoms with Crippen LogP contribution in [-0.4, -0.2) is 28.0 Å². The van der Waals surface area contributed by atoms with Crippen molar-refractivity contribution in [2.75, 3.05) is 12.4 Å². The Morgan fingerprint density at radius 2 is 1.88 bits per heavy atom. The molecule has 0 aliphatic carbocycles. The second-order valence-electron chi connectivity index (χ2n) is 6.37. The standard InChI is InChI=1S/C20H22N4O2/c1-13(2)15-8-10-17(11-9-15)24-14(3)19(22-23-24)20(25)21-16-6-5-7-18(12-16)26-4/h5-13H,1-4H3,(H,21,25). The molecule has 0 unspecified atom stereocenters. The normalized spacial score (nSPS) is 10.8. The summed E-state index contributed by atoms with van der Waals surface area (Å²) in [4.78, 5) is 12.6. The third-order valence-corrected chi connectivity index (χ3v) is 4.24. The molecular formula is C20H22N4O2. The van der Waals surface area contributed by atoms with Gasteiger partial charge in [-0.25, -0.2) is 4.68 Å². The van der Waals surface area contributed by atoms with Gasteiger partial charge in [0.25, 0.3) is 5.91 Å². The molecule has 0 bridgehead atoms. The van der Waals surface area contributed by atoms with Gasteiger partial charge in [0.05, 0.1) is 18.5 Å². The predicted octanol–water partition coefficient (Wildman–Crippen LogP) is 3.96. The number of methoxy groups -OCH3 is 1. The zero-order valence-corrected chi connectivity index (χ0v) is 15.4. The van der Waals surface area contributed by atoms with Crippen LogP contribution in [0.3, 0.4) is 0 Å². The quantitative estimate of drug-likeness (QED) is 0.756. The molecular weight excluding hydrogens is 328 g/mol. The summed E-state index contributed by atoms with van der Waals surface area (Å²) < 4.78 is 6.84. The Morgan fingerprint density at radius 3 is 2.54 bits per heavy atom. The molecule has 6 nitrogen and oxygen atoms in total. The molecule has 134 valence electrons. The van der Waals surface area contributed by atoms with E-state index in [0.717, 1.165) is 5.69 Å². The molecule has 0 aliphatic rings. The van der Waals surface area contributed by atoms with Gasteiger partial charge in [-0.2, -0.15) is 0 Å². The summed E-state index contributed by atoms with van der Waals surface area (Å²) in [6.45, 7) is 6.13. The third-order valence-electron chi connectivity index (χ3n) is 4.24. The van der Waals surface area contributed by atoms with Crippen molar-refractivity contribution in [3.63, 3.8) is 0 Å². The van der Waals surface area contributed by atoms with Crippen molar-refractivity contribution in [2.24, 2.45) is 0 Å². The van der Waals surface area contributed by atoms with Crippen LogP contribution in [0.4, 0.5) is 5.69 Å². The Hall–Kier alpha value is -3.15. The monoisotopic (exact) mass is 350 g/mol. The molecule has 0 spiro atoms. The summed E-state index contributed by atoms with van der Waals surface area (Å²) in [6, 6.07) is 15.3. The second-order valence-corrected chi connectivity index (χ2v) is 6.37. The molecule has 3 aromatic rings. The largest absolute Gasteiger partial charge is 0.497 e. The molecule has 0 aliphatic heterocycles. The van der Waals surface area contributed by atoms with Crippen LogP contribution >= 0.6 is 0 Å². The molecule has 1 aromatic heterocycles. The molecule has 0 atom stereocenters. The SMILES string of the molecule is COc1cccc(NC(=O)c2nnn(-c3ccc(C(C)C)cc3)c2C)c1. The molecule has 1 amide bonds. The zero-order chi connectivity index (χ0) is 18.7. The average molecular weight is 350 g/mol. The lowest BCUT2D eigenvalue weighted by molar-refractivity contribution is 0.102. The highest BCUT2D eigenvalue weighted by atomic mass is 16.5. The van der Waals surface area contributed by atoms with Crippen molar-refractivity contribution in [3.05, 3.63) is 65.5 Å². The van der Waals surface area contributed by atoms with Gasteiger partial charge in [0.1, 0.15) is 5.75 Å². The molecule has 0 radical (unpaired) electrons. The van der Waals surface area contributed by atoms with E-state index in [9.17, 15) is 4.79 Å². The van der Waals surface area contributed by atoms with Crippen molar-refractivity contribution < 1.29 is 9.53 Å². The van der Waals surface area contributed by atoms with Crippen LogP contribution in [0.1, 0.15) is 41.5 Å². The minimum Gasteiger partial charge on any atom is -0.497 e. The lowest BCUT2D eigenvalue weighted by Crippen LogP contribution is -2.14. The highest BCUT2D eigenvalue weighted by Crippen LogP contribution is 2.20. The Balaban J connectivity index is 1.82. The van der Waals surface area contributed by atoms with Gasteiger partial charge >= 0.3 is 0 Å². The van der Waals surface area contributed by atoms with E-state index in [0.29, 0.717) is 28.7 Å². The van der Waals surface area contributed by atoms with Crippen LogP contribution in [-0.2, 0) is 0 Å². The third kappa shape index (κ3) is 3.59. The van der Waals surface area contributed by atoms with Crippen molar-refractivity contribution in [1.29, 1.82) is 0 Å². The van der Waals surface area contributed by atoms with Crippen LogP contribution < -0.4 is 10.1 Å². The molecule has 6 heteroatoms. The van der Waals surface area contributed by atoms with Crippen molar-refractivity contribution in [3.8, 4) is 11.4 Å². The number of rotatable bonds is 5. The molecule has 0 fully saturated rings. The number of nitrogens with one attached hydrogen (secondary N) is 1. The topological polar surface area (TPSA) is 69.0 Å². The van der Waals surface area contributed by atoms with Gasteiger partial charge in [-0.15, -0.1) is 5.10 Å². The summed E-state index contributed by atoms with van der Waals surface area (Å²) in [5.74, 6) is 0.833. The molecule has 0 saturated carbocycles. The van der Waals surface area contributed by atoms with Crippen molar-refractivity contribution in [2.45, 2.75) is 26.7 Å². The van der Waals surface area contributed by atoms with Crippen LogP contribution in [0.25, 0.3) is 5.69 Å². The number of hydrogen-bond donors (Lipinski definition) is 1. The van der Waals surface area contributed by atoms with E-state index in [1.54, 1.807) is 23.9 Å². The van der Waals surface area contributed by atoms with E-state index < -0.39 is 0 Å². The lowest BCUT2D eigenvalue weighted by atomic mass is 10.0. The van der Waals surface area contributed by atoms with Crippen LogP contribution in [0.5, 0.6) is 5.75 Å². The number of carbonyl (C=O) groups excluding carboxylic acids is 1. The summed E-state index contributed by atoms with van der Waals surface area (Å²) in [5.41, 5.74) is 3.75. The van der Waals surface area contributed by atoms with Gasteiger partial charge in [-0.1, -0.05) is 37.3 Å². The van der Waals surface area contributed by atoms with Gasteiger partial charge in [-0.05, 0) is 42.7 Å². The summed E-state index contributed by atoms with van der Waals surface area (Å²) in [5, 5.41) is 11.0. The van der Waals surface area contributed by atoms with Crippen molar-refractivity contribution in [1.82, 2.24) is 15.0 Å². The smallest absolute Gasteiger partial charge is 0.278 e. The molecule has 3 rings (SSSR count). The number of anilines is 1. The molecule has 1 N–H and O–H groups in total. The van der Waals surface area contributed by atoms with E-state index in [1.165, 1.54) is 5.56 Å².